The summed E-state index contributed by atoms with van der Waals surface area (Å²) in [4.78, 5) is 24.8. The molecule has 7 rings (SSSR count). The lowest BCUT2D eigenvalue weighted by molar-refractivity contribution is 0.0822. The number of ether oxygens (including phenoxy) is 2. The van der Waals surface area contributed by atoms with Gasteiger partial charge in [0.1, 0.15) is 17.2 Å². The number of nitrogens with one attached hydrogen (secondary N) is 1. The molecular formula is C36H49N7O3. The number of aryl methyl sites for hydroxylation is 1. The summed E-state index contributed by atoms with van der Waals surface area (Å²) in [5.41, 5.74) is 4.93. The first-order chi connectivity index (χ1) is 22.5. The molecular weight excluding hydrogens is 578 g/mol. The molecule has 10 nitrogen and oxygen atoms in total. The summed E-state index contributed by atoms with van der Waals surface area (Å²) in [6.07, 6.45) is 10.1. The van der Waals surface area contributed by atoms with E-state index in [2.05, 4.69) is 38.5 Å². The van der Waals surface area contributed by atoms with Crippen LogP contribution in [0.4, 0.5) is 5.82 Å². The van der Waals surface area contributed by atoms with Gasteiger partial charge >= 0.3 is 0 Å². The van der Waals surface area contributed by atoms with Gasteiger partial charge in [-0.05, 0) is 43.4 Å². The number of aromatic nitrogens is 5. The minimum Gasteiger partial charge on any atom is -0.379 e. The highest BCUT2D eigenvalue weighted by Gasteiger charge is 2.25. The molecule has 1 amide bonds. The number of pyridine rings is 1. The van der Waals surface area contributed by atoms with E-state index in [1.165, 1.54) is 5.56 Å². The molecule has 1 saturated heterocycles. The van der Waals surface area contributed by atoms with Crippen LogP contribution < -0.4 is 10.2 Å². The maximum atomic E-state index is 13.1. The Morgan fingerprint density at radius 1 is 1.04 bits per heavy atom. The summed E-state index contributed by atoms with van der Waals surface area (Å²) >= 11 is 0. The lowest BCUT2D eigenvalue weighted by Gasteiger charge is -2.26. The van der Waals surface area contributed by atoms with Crippen molar-refractivity contribution < 1.29 is 14.3 Å². The molecule has 246 valence electrons. The SMILES string of the molecule is CC.CC.CN(Cc1ccccc1)c1cc(-c2cnc3n(C)cccc2-3)nc2c(C(=O)NC3CCC3)cnn12.COC1CCOC1. The third-order valence-electron chi connectivity index (χ3n) is 8.04. The van der Waals surface area contributed by atoms with Gasteiger partial charge in [0.25, 0.3) is 5.91 Å². The topological polar surface area (TPSA) is 98.8 Å². The minimum absolute atomic E-state index is 0.122. The number of hydrogen-bond donors (Lipinski definition) is 1. The lowest BCUT2D eigenvalue weighted by atomic mass is 9.93. The largest absolute Gasteiger partial charge is 0.379 e. The summed E-state index contributed by atoms with van der Waals surface area (Å²) in [6, 6.07) is 16.6. The van der Waals surface area contributed by atoms with Gasteiger partial charge in [0, 0.05) is 70.0 Å². The Labute approximate surface area is 273 Å². The summed E-state index contributed by atoms with van der Waals surface area (Å²) < 4.78 is 13.8. The highest BCUT2D eigenvalue weighted by atomic mass is 16.5. The van der Waals surface area contributed by atoms with Gasteiger partial charge in [0.05, 0.1) is 24.6 Å². The maximum Gasteiger partial charge on any atom is 0.256 e. The molecule has 1 saturated carbocycles. The van der Waals surface area contributed by atoms with Crippen molar-refractivity contribution in [3.8, 4) is 22.6 Å². The van der Waals surface area contributed by atoms with Crippen LogP contribution in [0.15, 0.2) is 67.1 Å². The van der Waals surface area contributed by atoms with Crippen molar-refractivity contribution in [2.75, 3.05) is 32.3 Å². The number of carbonyl (C=O) groups is 1. The van der Waals surface area contributed by atoms with Gasteiger partial charge in [-0.3, -0.25) is 4.79 Å². The lowest BCUT2D eigenvalue weighted by Crippen LogP contribution is -2.39. The number of anilines is 1. The summed E-state index contributed by atoms with van der Waals surface area (Å²) in [5.74, 6) is 1.62. The van der Waals surface area contributed by atoms with Gasteiger partial charge in [0.2, 0.25) is 0 Å². The predicted molar refractivity (Wildman–Crippen MR) is 184 cm³/mol. The first kappa shape index (κ1) is 34.6. The highest BCUT2D eigenvalue weighted by Crippen LogP contribution is 2.34. The fourth-order valence-electron chi connectivity index (χ4n) is 5.34. The van der Waals surface area contributed by atoms with Gasteiger partial charge in [0.15, 0.2) is 5.65 Å². The summed E-state index contributed by atoms with van der Waals surface area (Å²) in [7, 11) is 5.73. The second kappa shape index (κ2) is 16.9. The maximum absolute atomic E-state index is 13.1. The smallest absolute Gasteiger partial charge is 0.256 e. The van der Waals surface area contributed by atoms with Crippen LogP contribution in [0, 0.1) is 0 Å². The number of fused-ring (bicyclic) bond motifs is 2. The van der Waals surface area contributed by atoms with E-state index in [1.807, 2.05) is 89.1 Å². The third kappa shape index (κ3) is 7.92. The Hall–Kier alpha value is -4.28. The van der Waals surface area contributed by atoms with E-state index in [4.69, 9.17) is 14.5 Å². The van der Waals surface area contributed by atoms with Crippen molar-refractivity contribution in [1.82, 2.24) is 29.5 Å². The molecule has 2 fully saturated rings. The molecule has 1 aliphatic carbocycles. The molecule has 3 aliphatic heterocycles. The average Bonchev–Trinajstić information content (AvgIpc) is 3.85. The molecule has 4 aliphatic rings. The van der Waals surface area contributed by atoms with Crippen LogP contribution in [0.2, 0.25) is 0 Å². The molecule has 3 aromatic rings. The zero-order chi connectivity index (χ0) is 33.1. The zero-order valence-electron chi connectivity index (χ0n) is 28.4. The van der Waals surface area contributed by atoms with Crippen LogP contribution >= 0.6 is 0 Å². The first-order valence-corrected chi connectivity index (χ1v) is 16.5. The van der Waals surface area contributed by atoms with Crippen LogP contribution in [0.25, 0.3) is 28.3 Å². The van der Waals surface area contributed by atoms with Gasteiger partial charge in [-0.2, -0.15) is 9.61 Å². The van der Waals surface area contributed by atoms with E-state index in [0.717, 1.165) is 67.4 Å². The quantitative estimate of drug-likeness (QED) is 0.216. The third-order valence-corrected chi connectivity index (χ3v) is 8.04. The predicted octanol–water partition coefficient (Wildman–Crippen LogP) is 6.63. The Balaban J connectivity index is 0.000000378. The molecule has 46 heavy (non-hydrogen) atoms. The number of amides is 1. The molecule has 2 aromatic heterocycles. The highest BCUT2D eigenvalue weighted by molar-refractivity contribution is 6.00. The molecule has 5 heterocycles. The fraction of sp³-hybridized carbons (Fsp3) is 0.444. The van der Waals surface area contributed by atoms with Gasteiger partial charge in [-0.15, -0.1) is 0 Å². The van der Waals surface area contributed by atoms with E-state index in [0.29, 0.717) is 23.9 Å². The summed E-state index contributed by atoms with van der Waals surface area (Å²) in [6.45, 7) is 10.4. The van der Waals surface area contributed by atoms with Crippen LogP contribution in [0.1, 0.15) is 69.3 Å². The van der Waals surface area contributed by atoms with E-state index in [1.54, 1.807) is 17.8 Å². The molecule has 0 bridgehead atoms. The molecule has 10 heteroatoms. The molecule has 1 atom stereocenters. The monoisotopic (exact) mass is 627 g/mol. The number of methoxy groups -OCH3 is 1. The minimum atomic E-state index is -0.122. The molecule has 1 aromatic carbocycles. The van der Waals surface area contributed by atoms with Crippen LogP contribution in [0.3, 0.4) is 0 Å². The second-order valence-electron chi connectivity index (χ2n) is 11.0. The Morgan fingerprint density at radius 3 is 2.43 bits per heavy atom. The van der Waals surface area contributed by atoms with Crippen LogP contribution in [0.5, 0.6) is 0 Å². The van der Waals surface area contributed by atoms with Crippen molar-refractivity contribution in [3.63, 3.8) is 0 Å². The first-order valence-electron chi connectivity index (χ1n) is 16.5. The molecule has 0 spiro atoms. The van der Waals surface area contributed by atoms with Crippen molar-refractivity contribution >= 4 is 17.4 Å². The van der Waals surface area contributed by atoms with Crippen molar-refractivity contribution in [2.24, 2.45) is 7.05 Å². The molecule has 0 radical (unpaired) electrons. The Bertz CT molecular complexity index is 1620. The zero-order valence-corrected chi connectivity index (χ0v) is 28.4. The van der Waals surface area contributed by atoms with E-state index in [9.17, 15) is 4.79 Å². The van der Waals surface area contributed by atoms with E-state index >= 15 is 0 Å². The van der Waals surface area contributed by atoms with Gasteiger partial charge in [-0.25, -0.2) is 9.97 Å². The van der Waals surface area contributed by atoms with E-state index in [-0.39, 0.29) is 11.9 Å². The van der Waals surface area contributed by atoms with Crippen molar-refractivity contribution in [1.29, 1.82) is 0 Å². The van der Waals surface area contributed by atoms with Crippen molar-refractivity contribution in [2.45, 2.75) is 72.1 Å². The number of benzene rings is 1. The van der Waals surface area contributed by atoms with Crippen LogP contribution in [-0.2, 0) is 23.1 Å². The van der Waals surface area contributed by atoms with Gasteiger partial charge < -0.3 is 24.3 Å². The van der Waals surface area contributed by atoms with Crippen molar-refractivity contribution in [3.05, 3.63) is 78.2 Å². The standard InChI is InChI=1S/C27H27N7O.C5H10O2.2C2H6/c1-32-13-7-12-20-21(15-28-25(20)32)23-14-24(33(2)17-18-8-4-3-5-9-18)34-26(31-23)22(16-29-34)27(35)30-19-10-6-11-19;1-6-5-2-3-7-4-5;2*1-2/h3-5,7-9,12-16,19H,6,10-11,17H2,1-2H3,(H,30,35);5H,2-4H2,1H3;2*1-2H3. The second-order valence-corrected chi connectivity index (χ2v) is 11.0. The number of nitrogens with zero attached hydrogens (tertiary/aromatic N) is 6. The number of rotatable bonds is 7. The van der Waals surface area contributed by atoms with E-state index < -0.39 is 0 Å². The van der Waals surface area contributed by atoms with Crippen LogP contribution in [-0.4, -0.2) is 69.6 Å². The Kier molecular flexibility index (Phi) is 12.7. The summed E-state index contributed by atoms with van der Waals surface area (Å²) in [5, 5.41) is 7.71. The molecule has 1 N–H and O–H groups in total. The fourth-order valence-corrected chi connectivity index (χ4v) is 5.34. The number of hydrogen-bond acceptors (Lipinski definition) is 7. The number of carbonyl (C=O) groups excluding carboxylic acids is 1. The van der Waals surface area contributed by atoms with Gasteiger partial charge in [-0.1, -0.05) is 58.0 Å². The Morgan fingerprint density at radius 2 is 1.80 bits per heavy atom. The average molecular weight is 628 g/mol. The normalized spacial score (nSPS) is 15.5. The molecule has 1 unspecified atom stereocenters.